The van der Waals surface area contributed by atoms with Crippen LogP contribution in [0.5, 0.6) is 0 Å². The number of nitrogens with zero attached hydrogens (tertiary/aromatic N) is 3. The molecule has 0 aromatic rings. The molecule has 6 nitrogen and oxygen atoms in total. The van der Waals surface area contributed by atoms with Crippen LogP contribution in [0.4, 0.5) is 4.79 Å². The van der Waals surface area contributed by atoms with E-state index in [0.717, 1.165) is 19.4 Å². The molecular weight excluding hydrogens is 268 g/mol. The highest BCUT2D eigenvalue weighted by molar-refractivity contribution is 5.78. The SMILES string of the molecule is CC(C)CC(C)N(C)C(=O)CN1CCCN(C(N)=O)CC1. The van der Waals surface area contributed by atoms with E-state index in [4.69, 9.17) is 5.73 Å². The summed E-state index contributed by atoms with van der Waals surface area (Å²) in [5, 5.41) is 0. The molecule has 1 fully saturated rings. The number of likely N-dealkylation sites (N-methyl/N-ethyl adjacent to an activating group) is 1. The molecule has 0 spiro atoms. The summed E-state index contributed by atoms with van der Waals surface area (Å²) in [6, 6.07) is -0.113. The van der Waals surface area contributed by atoms with Crippen molar-refractivity contribution in [3.8, 4) is 0 Å². The normalized spacial score (nSPS) is 18.4. The van der Waals surface area contributed by atoms with E-state index in [1.54, 1.807) is 4.90 Å². The number of hydrogen-bond donors (Lipinski definition) is 1. The van der Waals surface area contributed by atoms with E-state index < -0.39 is 0 Å². The van der Waals surface area contributed by atoms with E-state index in [1.165, 1.54) is 0 Å². The summed E-state index contributed by atoms with van der Waals surface area (Å²) < 4.78 is 0. The van der Waals surface area contributed by atoms with Crippen LogP contribution in [0.3, 0.4) is 0 Å². The lowest BCUT2D eigenvalue weighted by Gasteiger charge is -2.29. The quantitative estimate of drug-likeness (QED) is 0.822. The molecule has 1 aliphatic rings. The smallest absolute Gasteiger partial charge is 0.314 e. The Kier molecular flexibility index (Phi) is 6.95. The first-order valence-corrected chi connectivity index (χ1v) is 7.83. The highest BCUT2D eigenvalue weighted by Crippen LogP contribution is 2.10. The molecule has 0 aromatic carbocycles. The molecule has 2 N–H and O–H groups in total. The molecule has 1 unspecified atom stereocenters. The fourth-order valence-electron chi connectivity index (χ4n) is 2.74. The van der Waals surface area contributed by atoms with E-state index in [2.05, 4.69) is 25.7 Å². The van der Waals surface area contributed by atoms with Gasteiger partial charge < -0.3 is 15.5 Å². The molecule has 1 rings (SSSR count). The van der Waals surface area contributed by atoms with Crippen molar-refractivity contribution in [2.45, 2.75) is 39.7 Å². The monoisotopic (exact) mass is 298 g/mol. The van der Waals surface area contributed by atoms with Gasteiger partial charge in [-0.3, -0.25) is 9.69 Å². The van der Waals surface area contributed by atoms with Crippen molar-refractivity contribution in [2.75, 3.05) is 39.8 Å². The molecule has 1 heterocycles. The highest BCUT2D eigenvalue weighted by atomic mass is 16.2. The average Bonchev–Trinajstić information content (AvgIpc) is 2.62. The van der Waals surface area contributed by atoms with E-state index in [-0.39, 0.29) is 18.0 Å². The Balaban J connectivity index is 2.45. The van der Waals surface area contributed by atoms with Crippen LogP contribution in [0.15, 0.2) is 0 Å². The molecule has 6 heteroatoms. The second kappa shape index (κ2) is 8.22. The minimum atomic E-state index is -0.370. The first-order chi connectivity index (χ1) is 9.81. The summed E-state index contributed by atoms with van der Waals surface area (Å²) >= 11 is 0. The van der Waals surface area contributed by atoms with Crippen LogP contribution in [0, 0.1) is 5.92 Å². The summed E-state index contributed by atoms with van der Waals surface area (Å²) in [4.78, 5) is 29.1. The van der Waals surface area contributed by atoms with Crippen LogP contribution in [0.25, 0.3) is 0 Å². The minimum Gasteiger partial charge on any atom is -0.351 e. The first-order valence-electron chi connectivity index (χ1n) is 7.83. The predicted octanol–water partition coefficient (Wildman–Crippen LogP) is 0.966. The van der Waals surface area contributed by atoms with Crippen LogP contribution in [-0.4, -0.2) is 72.5 Å². The second-order valence-electron chi connectivity index (χ2n) is 6.44. The van der Waals surface area contributed by atoms with Crippen molar-refractivity contribution < 1.29 is 9.59 Å². The number of primary amides is 1. The Hall–Kier alpha value is -1.30. The summed E-state index contributed by atoms with van der Waals surface area (Å²) in [7, 11) is 1.88. The van der Waals surface area contributed by atoms with Crippen molar-refractivity contribution in [1.29, 1.82) is 0 Å². The van der Waals surface area contributed by atoms with E-state index in [1.807, 2.05) is 11.9 Å². The summed E-state index contributed by atoms with van der Waals surface area (Å²) in [6.45, 7) is 9.68. The van der Waals surface area contributed by atoms with Crippen LogP contribution < -0.4 is 5.73 Å². The molecule has 1 saturated heterocycles. The van der Waals surface area contributed by atoms with Gasteiger partial charge in [-0.2, -0.15) is 0 Å². The third-order valence-electron chi connectivity index (χ3n) is 4.13. The zero-order valence-corrected chi connectivity index (χ0v) is 13.8. The van der Waals surface area contributed by atoms with Gasteiger partial charge in [0.05, 0.1) is 6.54 Å². The van der Waals surface area contributed by atoms with Gasteiger partial charge in [-0.15, -0.1) is 0 Å². The van der Waals surface area contributed by atoms with Gasteiger partial charge in [0.2, 0.25) is 5.91 Å². The maximum absolute atomic E-state index is 12.3. The first kappa shape index (κ1) is 17.8. The van der Waals surface area contributed by atoms with Gasteiger partial charge in [-0.05, 0) is 25.7 Å². The number of carbonyl (C=O) groups is 2. The van der Waals surface area contributed by atoms with Gasteiger partial charge in [0, 0.05) is 39.3 Å². The molecule has 0 radical (unpaired) electrons. The number of amides is 3. The zero-order chi connectivity index (χ0) is 16.0. The third kappa shape index (κ3) is 5.91. The summed E-state index contributed by atoms with van der Waals surface area (Å²) in [6.07, 6.45) is 1.87. The van der Waals surface area contributed by atoms with Gasteiger partial charge in [0.25, 0.3) is 0 Å². The van der Waals surface area contributed by atoms with E-state index >= 15 is 0 Å². The third-order valence-corrected chi connectivity index (χ3v) is 4.13. The molecule has 1 atom stereocenters. The molecule has 3 amide bonds. The van der Waals surface area contributed by atoms with Crippen molar-refractivity contribution in [1.82, 2.24) is 14.7 Å². The number of hydrogen-bond acceptors (Lipinski definition) is 3. The van der Waals surface area contributed by atoms with Crippen molar-refractivity contribution in [3.63, 3.8) is 0 Å². The maximum atomic E-state index is 12.3. The lowest BCUT2D eigenvalue weighted by Crippen LogP contribution is -2.44. The highest BCUT2D eigenvalue weighted by Gasteiger charge is 2.22. The lowest BCUT2D eigenvalue weighted by molar-refractivity contribution is -0.133. The Morgan fingerprint density at radius 2 is 1.81 bits per heavy atom. The Morgan fingerprint density at radius 1 is 1.14 bits per heavy atom. The summed E-state index contributed by atoms with van der Waals surface area (Å²) in [5.41, 5.74) is 5.31. The minimum absolute atomic E-state index is 0.149. The van der Waals surface area contributed by atoms with E-state index in [9.17, 15) is 9.59 Å². The lowest BCUT2D eigenvalue weighted by atomic mass is 10.0. The largest absolute Gasteiger partial charge is 0.351 e. The molecule has 1 aliphatic heterocycles. The summed E-state index contributed by atoms with van der Waals surface area (Å²) in [5.74, 6) is 0.730. The molecule has 0 aromatic heterocycles. The average molecular weight is 298 g/mol. The van der Waals surface area contributed by atoms with Crippen molar-refractivity contribution >= 4 is 11.9 Å². The molecular formula is C15H30N4O2. The molecule has 0 saturated carbocycles. The van der Waals surface area contributed by atoms with Crippen LogP contribution in [0.2, 0.25) is 0 Å². The van der Waals surface area contributed by atoms with Crippen LogP contribution >= 0.6 is 0 Å². The van der Waals surface area contributed by atoms with Gasteiger partial charge in [0.1, 0.15) is 0 Å². The maximum Gasteiger partial charge on any atom is 0.314 e. The predicted molar refractivity (Wildman–Crippen MR) is 83.9 cm³/mol. The number of urea groups is 1. The fourth-order valence-corrected chi connectivity index (χ4v) is 2.74. The zero-order valence-electron chi connectivity index (χ0n) is 13.8. The molecule has 0 aliphatic carbocycles. The molecule has 21 heavy (non-hydrogen) atoms. The Morgan fingerprint density at radius 3 is 2.38 bits per heavy atom. The topological polar surface area (TPSA) is 69.9 Å². The van der Waals surface area contributed by atoms with Crippen LogP contribution in [-0.2, 0) is 4.79 Å². The number of carbonyl (C=O) groups excluding carboxylic acids is 2. The van der Waals surface area contributed by atoms with Crippen molar-refractivity contribution in [3.05, 3.63) is 0 Å². The standard InChI is InChI=1S/C15H30N4O2/c1-12(2)10-13(3)17(4)14(20)11-18-6-5-7-19(9-8-18)15(16)21/h12-13H,5-11H2,1-4H3,(H2,16,21). The fraction of sp³-hybridized carbons (Fsp3) is 0.867. The second-order valence-corrected chi connectivity index (χ2v) is 6.44. The van der Waals surface area contributed by atoms with Gasteiger partial charge in [-0.1, -0.05) is 13.8 Å². The van der Waals surface area contributed by atoms with Gasteiger partial charge in [0.15, 0.2) is 0 Å². The van der Waals surface area contributed by atoms with Crippen LogP contribution in [0.1, 0.15) is 33.6 Å². The van der Waals surface area contributed by atoms with Crippen molar-refractivity contribution in [2.24, 2.45) is 11.7 Å². The van der Waals surface area contributed by atoms with Gasteiger partial charge >= 0.3 is 6.03 Å². The Labute approximate surface area is 128 Å². The molecule has 0 bridgehead atoms. The van der Waals surface area contributed by atoms with E-state index in [0.29, 0.717) is 32.1 Å². The number of rotatable bonds is 5. The van der Waals surface area contributed by atoms with Gasteiger partial charge in [-0.25, -0.2) is 4.79 Å². The Bertz CT molecular complexity index is 360. The number of nitrogens with two attached hydrogens (primary N) is 1. The molecule has 122 valence electrons.